The largest absolute Gasteiger partial charge is 0.497 e. The number of nitrogens with zero attached hydrogens (tertiary/aromatic N) is 1. The predicted molar refractivity (Wildman–Crippen MR) is 140 cm³/mol. The molecule has 3 aromatic carbocycles. The lowest BCUT2D eigenvalue weighted by Crippen LogP contribution is -2.47. The van der Waals surface area contributed by atoms with Gasteiger partial charge >= 0.3 is 6.09 Å². The molecule has 0 spiro atoms. The normalized spacial score (nSPS) is 15.4. The van der Waals surface area contributed by atoms with Crippen molar-refractivity contribution in [1.29, 1.82) is 0 Å². The van der Waals surface area contributed by atoms with Gasteiger partial charge in [-0.25, -0.2) is 4.79 Å². The quantitative estimate of drug-likeness (QED) is 0.319. The minimum absolute atomic E-state index is 0.119. The number of benzene rings is 3. The van der Waals surface area contributed by atoms with Gasteiger partial charge in [-0.2, -0.15) is 0 Å². The zero-order valence-electron chi connectivity index (χ0n) is 21.8. The number of ether oxygens (including phenoxy) is 4. The summed E-state index contributed by atoms with van der Waals surface area (Å²) < 4.78 is 22.5. The van der Waals surface area contributed by atoms with Crippen molar-refractivity contribution in [3.63, 3.8) is 0 Å². The Morgan fingerprint density at radius 2 is 1.58 bits per heavy atom. The van der Waals surface area contributed by atoms with E-state index in [0.717, 1.165) is 38.4 Å². The lowest BCUT2D eigenvalue weighted by Gasteiger charge is -2.38. The zero-order valence-corrected chi connectivity index (χ0v) is 21.8. The van der Waals surface area contributed by atoms with Crippen molar-refractivity contribution in [3.8, 4) is 17.2 Å². The Morgan fingerprint density at radius 3 is 2.17 bits per heavy atom. The molecule has 190 valence electrons. The van der Waals surface area contributed by atoms with E-state index in [1.165, 1.54) is 6.08 Å². The number of hydrogen-bond donors (Lipinski definition) is 0. The van der Waals surface area contributed by atoms with Crippen LogP contribution in [0.1, 0.15) is 38.3 Å². The molecule has 0 aliphatic carbocycles. The van der Waals surface area contributed by atoms with E-state index in [2.05, 4.69) is 6.58 Å². The maximum absolute atomic E-state index is 13.3. The molecule has 7 heteroatoms. The lowest BCUT2D eigenvalue weighted by molar-refractivity contribution is -0.115. The van der Waals surface area contributed by atoms with Crippen molar-refractivity contribution in [2.24, 2.45) is 0 Å². The highest BCUT2D eigenvalue weighted by atomic mass is 16.6. The van der Waals surface area contributed by atoms with Crippen LogP contribution in [0.2, 0.25) is 0 Å². The van der Waals surface area contributed by atoms with Gasteiger partial charge in [0.05, 0.1) is 27.9 Å². The number of ketones is 1. The first-order valence-corrected chi connectivity index (χ1v) is 11.9. The Hall–Kier alpha value is -3.74. The minimum atomic E-state index is -0.660. The number of carbonyl (C=O) groups excluding carboxylic acids is 2. The molecule has 3 aromatic rings. The maximum Gasteiger partial charge on any atom is 0.410 e. The molecule has 1 aliphatic heterocycles. The summed E-state index contributed by atoms with van der Waals surface area (Å²) in [7, 11) is 4.85. The van der Waals surface area contributed by atoms with Gasteiger partial charge in [-0.15, -0.1) is 0 Å². The first-order valence-electron chi connectivity index (χ1n) is 11.9. The molecule has 0 fully saturated rings. The second-order valence-corrected chi connectivity index (χ2v) is 9.96. The Labute approximate surface area is 211 Å². The van der Waals surface area contributed by atoms with Gasteiger partial charge in [0.2, 0.25) is 0 Å². The van der Waals surface area contributed by atoms with Crippen LogP contribution in [0.3, 0.4) is 0 Å². The van der Waals surface area contributed by atoms with Crippen LogP contribution in [0.15, 0.2) is 43.0 Å². The monoisotopic (exact) mass is 491 g/mol. The SMILES string of the molecule is C=CC(=O)C[C@@H]1Cc2c(c3ccc(OC)cc3c3cc(OC)c(OC)cc23)CN1C(=O)OC(C)(C)C. The van der Waals surface area contributed by atoms with E-state index in [1.54, 1.807) is 26.2 Å². The summed E-state index contributed by atoms with van der Waals surface area (Å²) in [6.07, 6.45) is 1.52. The number of fused-ring (bicyclic) bond motifs is 6. The molecule has 1 aliphatic rings. The molecular weight excluding hydrogens is 458 g/mol. The summed E-state index contributed by atoms with van der Waals surface area (Å²) in [5.41, 5.74) is 1.43. The Kier molecular flexibility index (Phi) is 6.85. The number of allylic oxidation sites excluding steroid dienone is 1. The molecule has 0 N–H and O–H groups in total. The highest BCUT2D eigenvalue weighted by Crippen LogP contribution is 2.43. The van der Waals surface area contributed by atoms with Crippen LogP contribution in [0.5, 0.6) is 17.2 Å². The van der Waals surface area contributed by atoms with Gasteiger partial charge in [-0.05, 0) is 90.2 Å². The molecule has 0 aromatic heterocycles. The third kappa shape index (κ3) is 4.70. The summed E-state index contributed by atoms with van der Waals surface area (Å²) >= 11 is 0. The number of carbonyl (C=O) groups is 2. The van der Waals surface area contributed by atoms with E-state index in [1.807, 2.05) is 51.1 Å². The fraction of sp³-hybridized carbons (Fsp3) is 0.379. The Morgan fingerprint density at radius 1 is 0.944 bits per heavy atom. The standard InChI is InChI=1S/C29H33NO6/c1-8-18(31)11-17-12-21-23-14-26(34-6)27(35-7)15-24(23)22-13-19(33-5)9-10-20(22)25(21)16-30(17)28(32)36-29(2,3)4/h8-10,13-15,17H,1,11-12,16H2,2-7H3/t17-/m1/s1. The summed E-state index contributed by atoms with van der Waals surface area (Å²) in [6.45, 7) is 9.44. The van der Waals surface area contributed by atoms with Crippen molar-refractivity contribution in [1.82, 2.24) is 4.90 Å². The highest BCUT2D eigenvalue weighted by molar-refractivity contribution is 6.12. The molecule has 0 saturated carbocycles. The molecule has 36 heavy (non-hydrogen) atoms. The average molecular weight is 492 g/mol. The molecule has 7 nitrogen and oxygen atoms in total. The maximum atomic E-state index is 13.3. The molecule has 0 bridgehead atoms. The van der Waals surface area contributed by atoms with E-state index in [4.69, 9.17) is 18.9 Å². The number of hydrogen-bond acceptors (Lipinski definition) is 6. The second-order valence-electron chi connectivity index (χ2n) is 9.96. The first-order chi connectivity index (χ1) is 17.1. The van der Waals surface area contributed by atoms with Crippen molar-refractivity contribution in [2.45, 2.75) is 51.8 Å². The lowest BCUT2D eigenvalue weighted by atomic mass is 9.84. The van der Waals surface area contributed by atoms with Crippen LogP contribution in [0.4, 0.5) is 4.79 Å². The van der Waals surface area contributed by atoms with Crippen molar-refractivity contribution >= 4 is 33.4 Å². The highest BCUT2D eigenvalue weighted by Gasteiger charge is 2.35. The van der Waals surface area contributed by atoms with E-state index in [0.29, 0.717) is 24.5 Å². The van der Waals surface area contributed by atoms with Crippen LogP contribution in [0, 0.1) is 0 Å². The van der Waals surface area contributed by atoms with E-state index in [-0.39, 0.29) is 18.2 Å². The molecule has 1 amide bonds. The summed E-state index contributed by atoms with van der Waals surface area (Å²) in [5, 5.41) is 3.96. The van der Waals surface area contributed by atoms with Gasteiger partial charge in [0.25, 0.3) is 0 Å². The molecule has 1 heterocycles. The van der Waals surface area contributed by atoms with E-state index >= 15 is 0 Å². The van der Waals surface area contributed by atoms with Gasteiger partial charge in [0, 0.05) is 12.5 Å². The average Bonchev–Trinajstić information content (AvgIpc) is 2.86. The smallest absolute Gasteiger partial charge is 0.410 e. The van der Waals surface area contributed by atoms with Gasteiger partial charge in [0.1, 0.15) is 11.4 Å². The molecular formula is C29H33NO6. The first kappa shape index (κ1) is 25.4. The van der Waals surface area contributed by atoms with Crippen molar-refractivity contribution in [2.75, 3.05) is 21.3 Å². The van der Waals surface area contributed by atoms with Gasteiger partial charge < -0.3 is 23.8 Å². The fourth-order valence-corrected chi connectivity index (χ4v) is 4.90. The third-order valence-electron chi connectivity index (χ3n) is 6.56. The van der Waals surface area contributed by atoms with Gasteiger partial charge in [-0.1, -0.05) is 12.6 Å². The molecule has 0 unspecified atom stereocenters. The molecule has 0 radical (unpaired) electrons. The Bertz CT molecular complexity index is 1350. The van der Waals surface area contributed by atoms with Gasteiger partial charge in [-0.3, -0.25) is 4.79 Å². The van der Waals surface area contributed by atoms with Gasteiger partial charge in [0.15, 0.2) is 17.3 Å². The van der Waals surface area contributed by atoms with Crippen LogP contribution in [0.25, 0.3) is 21.5 Å². The minimum Gasteiger partial charge on any atom is -0.497 e. The zero-order chi connectivity index (χ0) is 26.2. The summed E-state index contributed by atoms with van der Waals surface area (Å²) in [6, 6.07) is 9.51. The summed E-state index contributed by atoms with van der Waals surface area (Å²) in [5.74, 6) is 1.85. The predicted octanol–water partition coefficient (Wildman–Crippen LogP) is 5.83. The van der Waals surface area contributed by atoms with Crippen LogP contribution in [-0.4, -0.2) is 49.7 Å². The second kappa shape index (κ2) is 9.72. The number of rotatable bonds is 6. The molecule has 0 saturated heterocycles. The molecule has 1 atom stereocenters. The van der Waals surface area contributed by atoms with E-state index in [9.17, 15) is 9.59 Å². The van der Waals surface area contributed by atoms with Crippen LogP contribution < -0.4 is 14.2 Å². The van der Waals surface area contributed by atoms with Crippen LogP contribution >= 0.6 is 0 Å². The van der Waals surface area contributed by atoms with E-state index < -0.39 is 11.7 Å². The number of amides is 1. The summed E-state index contributed by atoms with van der Waals surface area (Å²) in [4.78, 5) is 27.4. The van der Waals surface area contributed by atoms with Crippen LogP contribution in [-0.2, 0) is 22.5 Å². The topological polar surface area (TPSA) is 74.3 Å². The third-order valence-corrected chi connectivity index (χ3v) is 6.56. The fourth-order valence-electron chi connectivity index (χ4n) is 4.90. The van der Waals surface area contributed by atoms with Crippen molar-refractivity contribution < 1.29 is 28.5 Å². The Balaban J connectivity index is 1.99. The van der Waals surface area contributed by atoms with Crippen molar-refractivity contribution in [3.05, 3.63) is 54.1 Å². The molecule has 4 rings (SSSR count). The number of methoxy groups -OCH3 is 3.